The number of hydrogen-bond acceptors (Lipinski definition) is 3. The molecule has 108 valence electrons. The molecule has 0 atom stereocenters. The van der Waals surface area contributed by atoms with Crippen LogP contribution in [0.3, 0.4) is 0 Å². The van der Waals surface area contributed by atoms with E-state index in [2.05, 4.69) is 24.1 Å². The van der Waals surface area contributed by atoms with Crippen LogP contribution < -0.4 is 5.32 Å². The van der Waals surface area contributed by atoms with Crippen molar-refractivity contribution in [3.8, 4) is 11.3 Å². The zero-order chi connectivity index (χ0) is 14.5. The molecular weight excluding hydrogens is 272 g/mol. The zero-order valence-corrected chi connectivity index (χ0v) is 13.0. The lowest BCUT2D eigenvalue weighted by atomic mass is 10.1. The topological polar surface area (TPSA) is 38.1 Å². The summed E-state index contributed by atoms with van der Waals surface area (Å²) in [5.41, 5.74) is 2.06. The SMILES string of the molecule is Cc1cc(-c2cnc(CCCNC(C)C)o2)ccc1Cl. The molecule has 0 aliphatic rings. The predicted molar refractivity (Wildman–Crippen MR) is 83.1 cm³/mol. The number of nitrogens with one attached hydrogen (secondary N) is 1. The highest BCUT2D eigenvalue weighted by atomic mass is 35.5. The molecule has 1 N–H and O–H groups in total. The average Bonchev–Trinajstić information content (AvgIpc) is 2.86. The summed E-state index contributed by atoms with van der Waals surface area (Å²) < 4.78 is 5.79. The van der Waals surface area contributed by atoms with Crippen molar-refractivity contribution in [2.75, 3.05) is 6.54 Å². The molecule has 0 radical (unpaired) electrons. The standard InChI is InChI=1S/C16H21ClN2O/c1-11(2)18-8-4-5-16-19-10-15(20-16)13-6-7-14(17)12(3)9-13/h6-7,9-11,18H,4-5,8H2,1-3H3. The summed E-state index contributed by atoms with van der Waals surface area (Å²) in [6.45, 7) is 7.26. The van der Waals surface area contributed by atoms with Crippen LogP contribution in [0.15, 0.2) is 28.8 Å². The van der Waals surface area contributed by atoms with Gasteiger partial charge in [-0.05, 0) is 43.7 Å². The first-order chi connectivity index (χ1) is 9.56. The lowest BCUT2D eigenvalue weighted by Crippen LogP contribution is -2.23. The van der Waals surface area contributed by atoms with Gasteiger partial charge in [-0.2, -0.15) is 0 Å². The molecule has 0 amide bonds. The summed E-state index contributed by atoms with van der Waals surface area (Å²) in [5, 5.41) is 4.16. The van der Waals surface area contributed by atoms with Crippen LogP contribution in [0.1, 0.15) is 31.7 Å². The first-order valence-corrected chi connectivity index (χ1v) is 7.38. The van der Waals surface area contributed by atoms with Gasteiger partial charge in [0.25, 0.3) is 0 Å². The number of nitrogens with zero attached hydrogens (tertiary/aromatic N) is 1. The van der Waals surface area contributed by atoms with Crippen LogP contribution in [0, 0.1) is 6.92 Å². The first kappa shape index (κ1) is 15.1. The average molecular weight is 293 g/mol. The Kier molecular flexibility index (Phi) is 5.21. The lowest BCUT2D eigenvalue weighted by Gasteiger charge is -2.06. The third-order valence-electron chi connectivity index (χ3n) is 3.12. The van der Waals surface area contributed by atoms with E-state index in [1.54, 1.807) is 6.20 Å². The van der Waals surface area contributed by atoms with E-state index in [-0.39, 0.29) is 0 Å². The maximum absolute atomic E-state index is 6.03. The van der Waals surface area contributed by atoms with Crippen LogP contribution >= 0.6 is 11.6 Å². The van der Waals surface area contributed by atoms with Crippen LogP contribution in [0.5, 0.6) is 0 Å². The highest BCUT2D eigenvalue weighted by Gasteiger charge is 2.07. The van der Waals surface area contributed by atoms with E-state index in [4.69, 9.17) is 16.0 Å². The van der Waals surface area contributed by atoms with E-state index in [9.17, 15) is 0 Å². The summed E-state index contributed by atoms with van der Waals surface area (Å²) in [5.74, 6) is 1.59. The Balaban J connectivity index is 1.96. The van der Waals surface area contributed by atoms with Crippen LogP contribution in [0.2, 0.25) is 5.02 Å². The maximum Gasteiger partial charge on any atom is 0.194 e. The highest BCUT2D eigenvalue weighted by Crippen LogP contribution is 2.25. The van der Waals surface area contributed by atoms with E-state index in [1.807, 2.05) is 25.1 Å². The van der Waals surface area contributed by atoms with E-state index in [0.717, 1.165) is 47.2 Å². The van der Waals surface area contributed by atoms with Gasteiger partial charge < -0.3 is 9.73 Å². The summed E-state index contributed by atoms with van der Waals surface area (Å²) in [6, 6.07) is 6.39. The lowest BCUT2D eigenvalue weighted by molar-refractivity contribution is 0.484. The number of hydrogen-bond donors (Lipinski definition) is 1. The largest absolute Gasteiger partial charge is 0.441 e. The molecule has 0 aliphatic carbocycles. The quantitative estimate of drug-likeness (QED) is 0.810. The Morgan fingerprint density at radius 1 is 1.35 bits per heavy atom. The van der Waals surface area contributed by atoms with Crippen molar-refractivity contribution in [3.05, 3.63) is 40.9 Å². The first-order valence-electron chi connectivity index (χ1n) is 7.01. The molecule has 20 heavy (non-hydrogen) atoms. The van der Waals surface area contributed by atoms with Crippen LogP contribution in [-0.2, 0) is 6.42 Å². The van der Waals surface area contributed by atoms with Crippen molar-refractivity contribution < 1.29 is 4.42 Å². The van der Waals surface area contributed by atoms with Gasteiger partial charge in [-0.3, -0.25) is 0 Å². The van der Waals surface area contributed by atoms with Crippen LogP contribution in [-0.4, -0.2) is 17.6 Å². The maximum atomic E-state index is 6.03. The Labute approximate surface area is 125 Å². The monoisotopic (exact) mass is 292 g/mol. The smallest absolute Gasteiger partial charge is 0.194 e. The number of aryl methyl sites for hydroxylation is 2. The molecule has 0 aliphatic heterocycles. The number of oxazole rings is 1. The minimum absolute atomic E-state index is 0.521. The minimum Gasteiger partial charge on any atom is -0.441 e. The van der Waals surface area contributed by atoms with Gasteiger partial charge in [-0.15, -0.1) is 0 Å². The van der Waals surface area contributed by atoms with Gasteiger partial charge in [0.1, 0.15) is 0 Å². The molecule has 0 saturated heterocycles. The van der Waals surface area contributed by atoms with Gasteiger partial charge in [0.05, 0.1) is 6.20 Å². The molecule has 2 aromatic rings. The summed E-state index contributed by atoms with van der Waals surface area (Å²) in [4.78, 5) is 4.33. The Bertz CT molecular complexity index is 563. The van der Waals surface area contributed by atoms with Gasteiger partial charge in [0, 0.05) is 23.0 Å². The number of aromatic nitrogens is 1. The van der Waals surface area contributed by atoms with E-state index in [1.165, 1.54) is 0 Å². The fourth-order valence-electron chi connectivity index (χ4n) is 1.99. The van der Waals surface area contributed by atoms with Crippen molar-refractivity contribution in [1.29, 1.82) is 0 Å². The van der Waals surface area contributed by atoms with E-state index in [0.29, 0.717) is 6.04 Å². The Hall–Kier alpha value is -1.32. The Morgan fingerprint density at radius 2 is 2.15 bits per heavy atom. The van der Waals surface area contributed by atoms with Gasteiger partial charge >= 0.3 is 0 Å². The summed E-state index contributed by atoms with van der Waals surface area (Å²) >= 11 is 6.03. The molecule has 1 heterocycles. The number of benzene rings is 1. The molecule has 2 rings (SSSR count). The fraction of sp³-hybridized carbons (Fsp3) is 0.438. The van der Waals surface area contributed by atoms with Gasteiger partial charge in [-0.25, -0.2) is 4.98 Å². The minimum atomic E-state index is 0.521. The molecule has 0 bridgehead atoms. The van der Waals surface area contributed by atoms with Crippen molar-refractivity contribution in [2.24, 2.45) is 0 Å². The molecular formula is C16H21ClN2O. The molecule has 0 spiro atoms. The second kappa shape index (κ2) is 6.91. The fourth-order valence-corrected chi connectivity index (χ4v) is 2.11. The number of rotatable bonds is 6. The summed E-state index contributed by atoms with van der Waals surface area (Å²) in [6.07, 6.45) is 3.66. The summed E-state index contributed by atoms with van der Waals surface area (Å²) in [7, 11) is 0. The third-order valence-corrected chi connectivity index (χ3v) is 3.54. The predicted octanol–water partition coefficient (Wildman–Crippen LogP) is 4.23. The van der Waals surface area contributed by atoms with Crippen molar-refractivity contribution >= 4 is 11.6 Å². The van der Waals surface area contributed by atoms with Crippen molar-refractivity contribution in [2.45, 2.75) is 39.7 Å². The van der Waals surface area contributed by atoms with Crippen LogP contribution in [0.4, 0.5) is 0 Å². The molecule has 4 heteroatoms. The third kappa shape index (κ3) is 4.09. The number of halogens is 1. The van der Waals surface area contributed by atoms with Crippen LogP contribution in [0.25, 0.3) is 11.3 Å². The van der Waals surface area contributed by atoms with Gasteiger partial charge in [0.2, 0.25) is 0 Å². The van der Waals surface area contributed by atoms with E-state index < -0.39 is 0 Å². The molecule has 1 aromatic carbocycles. The van der Waals surface area contributed by atoms with Crippen molar-refractivity contribution in [3.63, 3.8) is 0 Å². The van der Waals surface area contributed by atoms with Gasteiger partial charge in [0.15, 0.2) is 11.7 Å². The molecule has 0 saturated carbocycles. The highest BCUT2D eigenvalue weighted by molar-refractivity contribution is 6.31. The van der Waals surface area contributed by atoms with Gasteiger partial charge in [-0.1, -0.05) is 25.4 Å². The molecule has 0 fully saturated rings. The second-order valence-corrected chi connectivity index (χ2v) is 5.70. The van der Waals surface area contributed by atoms with Crippen molar-refractivity contribution in [1.82, 2.24) is 10.3 Å². The zero-order valence-electron chi connectivity index (χ0n) is 12.2. The molecule has 1 aromatic heterocycles. The normalized spacial score (nSPS) is 11.2. The second-order valence-electron chi connectivity index (χ2n) is 5.29. The molecule has 3 nitrogen and oxygen atoms in total. The Morgan fingerprint density at radius 3 is 2.85 bits per heavy atom. The molecule has 0 unspecified atom stereocenters. The van der Waals surface area contributed by atoms with E-state index >= 15 is 0 Å².